The van der Waals surface area contributed by atoms with Crippen LogP contribution in [0, 0.1) is 28.6 Å². The number of epoxide rings is 1. The third-order valence-corrected chi connectivity index (χ3v) is 9.64. The van der Waals surface area contributed by atoms with Gasteiger partial charge in [0.05, 0.1) is 6.10 Å². The van der Waals surface area contributed by atoms with Crippen LogP contribution in [0.25, 0.3) is 0 Å². The van der Waals surface area contributed by atoms with Crippen molar-refractivity contribution in [3.05, 3.63) is 0 Å². The monoisotopic (exact) mass is 378 g/mol. The Labute approximate surface area is 159 Å². The van der Waals surface area contributed by atoms with Gasteiger partial charge in [-0.15, -0.1) is 0 Å². The summed E-state index contributed by atoms with van der Waals surface area (Å²) in [6, 6.07) is 0. The van der Waals surface area contributed by atoms with Gasteiger partial charge in [0, 0.05) is 17.3 Å². The lowest BCUT2D eigenvalue weighted by Crippen LogP contribution is -2.65. The number of Topliss-reactive ketones (excluding diaryl/α,β-unsaturated/α-hetero) is 2. The van der Waals surface area contributed by atoms with Crippen LogP contribution in [0.15, 0.2) is 0 Å². The van der Waals surface area contributed by atoms with Crippen molar-refractivity contribution in [3.8, 4) is 0 Å². The SMILES string of the molecule is CC12C[C@H](O)C3C(CCC45OC4C(=O)CCC35C)C1CCC2(O)C(=O)CO. The first-order chi connectivity index (χ1) is 12.6. The van der Waals surface area contributed by atoms with E-state index in [-0.39, 0.29) is 35.1 Å². The summed E-state index contributed by atoms with van der Waals surface area (Å²) in [4.78, 5) is 24.6. The first-order valence-electron chi connectivity index (χ1n) is 10.4. The molecule has 6 nitrogen and oxygen atoms in total. The molecular formula is C21H30O6. The van der Waals surface area contributed by atoms with Crippen molar-refractivity contribution < 1.29 is 29.6 Å². The van der Waals surface area contributed by atoms with E-state index in [4.69, 9.17) is 4.74 Å². The molecule has 5 aliphatic rings. The van der Waals surface area contributed by atoms with Crippen LogP contribution in [0.2, 0.25) is 0 Å². The second kappa shape index (κ2) is 5.21. The Bertz CT molecular complexity index is 721. The molecule has 4 saturated carbocycles. The largest absolute Gasteiger partial charge is 0.393 e. The van der Waals surface area contributed by atoms with Crippen LogP contribution in [0.3, 0.4) is 0 Å². The van der Waals surface area contributed by atoms with Crippen LogP contribution in [-0.2, 0) is 14.3 Å². The molecule has 9 atom stereocenters. The molecule has 27 heavy (non-hydrogen) atoms. The molecule has 0 radical (unpaired) electrons. The maximum Gasteiger partial charge on any atom is 0.190 e. The number of carbonyl (C=O) groups excluding carboxylic acids is 2. The van der Waals surface area contributed by atoms with E-state index in [9.17, 15) is 24.9 Å². The van der Waals surface area contributed by atoms with Gasteiger partial charge in [0.15, 0.2) is 11.6 Å². The van der Waals surface area contributed by atoms with Gasteiger partial charge in [-0.05, 0) is 56.3 Å². The summed E-state index contributed by atoms with van der Waals surface area (Å²) in [6.45, 7) is 3.44. The highest BCUT2D eigenvalue weighted by Crippen LogP contribution is 2.73. The maximum atomic E-state index is 12.4. The molecule has 1 heterocycles. The molecule has 4 aliphatic carbocycles. The molecule has 0 amide bonds. The van der Waals surface area contributed by atoms with Crippen molar-refractivity contribution in [2.24, 2.45) is 28.6 Å². The summed E-state index contributed by atoms with van der Waals surface area (Å²) in [7, 11) is 0. The lowest BCUT2D eigenvalue weighted by molar-refractivity contribution is -0.198. The van der Waals surface area contributed by atoms with Crippen molar-refractivity contribution in [1.82, 2.24) is 0 Å². The molecule has 0 aromatic heterocycles. The highest BCUT2D eigenvalue weighted by molar-refractivity contribution is 5.90. The zero-order valence-corrected chi connectivity index (χ0v) is 16.1. The molecule has 5 fully saturated rings. The Morgan fingerprint density at radius 3 is 2.63 bits per heavy atom. The third kappa shape index (κ3) is 1.86. The number of carbonyl (C=O) groups is 2. The number of ether oxygens (including phenoxy) is 1. The van der Waals surface area contributed by atoms with Gasteiger partial charge in [0.1, 0.15) is 23.9 Å². The van der Waals surface area contributed by atoms with Gasteiger partial charge in [-0.25, -0.2) is 0 Å². The smallest absolute Gasteiger partial charge is 0.190 e. The molecule has 0 aromatic carbocycles. The highest BCUT2D eigenvalue weighted by Gasteiger charge is 2.78. The van der Waals surface area contributed by atoms with Crippen LogP contribution in [-0.4, -0.2) is 56.9 Å². The van der Waals surface area contributed by atoms with Crippen LogP contribution < -0.4 is 0 Å². The summed E-state index contributed by atoms with van der Waals surface area (Å²) in [5.41, 5.74) is -2.93. The van der Waals surface area contributed by atoms with Gasteiger partial charge in [-0.2, -0.15) is 0 Å². The van der Waals surface area contributed by atoms with Gasteiger partial charge < -0.3 is 20.1 Å². The van der Waals surface area contributed by atoms with Crippen LogP contribution in [0.5, 0.6) is 0 Å². The molecule has 1 aliphatic heterocycles. The van der Waals surface area contributed by atoms with E-state index in [1.165, 1.54) is 0 Å². The minimum atomic E-state index is -1.56. The van der Waals surface area contributed by atoms with E-state index >= 15 is 0 Å². The normalized spacial score (nSPS) is 58.7. The Morgan fingerprint density at radius 2 is 1.93 bits per heavy atom. The second-order valence-electron chi connectivity index (χ2n) is 10.3. The first kappa shape index (κ1) is 18.2. The summed E-state index contributed by atoms with van der Waals surface area (Å²) in [6.07, 6.45) is 3.41. The molecule has 1 saturated heterocycles. The van der Waals surface area contributed by atoms with Gasteiger partial charge in [-0.1, -0.05) is 13.8 Å². The van der Waals surface area contributed by atoms with E-state index in [1.807, 2.05) is 6.92 Å². The number of hydrogen-bond donors (Lipinski definition) is 3. The van der Waals surface area contributed by atoms with Gasteiger partial charge in [0.2, 0.25) is 0 Å². The van der Waals surface area contributed by atoms with Crippen molar-refractivity contribution >= 4 is 11.6 Å². The van der Waals surface area contributed by atoms with E-state index in [2.05, 4.69) is 6.92 Å². The standard InChI is InChI=1S/C21H30O6/c1-18-6-5-13(23)17-21(18,27-17)8-3-11-12-4-7-20(26,15(25)10-22)19(12,2)9-14(24)16(11)18/h11-12,14,16-17,22,24,26H,3-10H2,1-2H3/t11?,12?,14-,16?,17?,18?,19?,20?,21?/m0/s1. The maximum absolute atomic E-state index is 12.4. The van der Waals surface area contributed by atoms with Gasteiger partial charge >= 0.3 is 0 Å². The average Bonchev–Trinajstić information content (AvgIpc) is 3.31. The molecule has 5 rings (SSSR count). The molecular weight excluding hydrogens is 348 g/mol. The quantitative estimate of drug-likeness (QED) is 0.619. The predicted molar refractivity (Wildman–Crippen MR) is 94.7 cm³/mol. The lowest BCUT2D eigenvalue weighted by Gasteiger charge is -2.61. The van der Waals surface area contributed by atoms with Gasteiger partial charge in [-0.3, -0.25) is 9.59 Å². The number of rotatable bonds is 2. The van der Waals surface area contributed by atoms with E-state index in [0.717, 1.165) is 25.7 Å². The van der Waals surface area contributed by atoms with Crippen molar-refractivity contribution in [3.63, 3.8) is 0 Å². The molecule has 1 spiro atoms. The lowest BCUT2D eigenvalue weighted by atomic mass is 9.43. The third-order valence-electron chi connectivity index (χ3n) is 9.64. The summed E-state index contributed by atoms with van der Waals surface area (Å²) < 4.78 is 6.02. The number of fused-ring (bicyclic) bond motifs is 4. The summed E-state index contributed by atoms with van der Waals surface area (Å²) in [5, 5.41) is 31.9. The van der Waals surface area contributed by atoms with Crippen molar-refractivity contribution in [1.29, 1.82) is 0 Å². The Hall–Kier alpha value is -0.820. The molecule has 6 heteroatoms. The van der Waals surface area contributed by atoms with Crippen molar-refractivity contribution in [2.45, 2.75) is 82.2 Å². The number of aliphatic hydroxyl groups excluding tert-OH is 2. The average molecular weight is 378 g/mol. The van der Waals surface area contributed by atoms with E-state index in [1.54, 1.807) is 0 Å². The fourth-order valence-corrected chi connectivity index (χ4v) is 8.21. The molecule has 0 aromatic rings. The van der Waals surface area contributed by atoms with E-state index < -0.39 is 35.1 Å². The number of aliphatic hydroxyl groups is 3. The molecule has 150 valence electrons. The van der Waals surface area contributed by atoms with Crippen LogP contribution in [0.1, 0.15) is 58.8 Å². The zero-order valence-electron chi connectivity index (χ0n) is 16.1. The topological polar surface area (TPSA) is 107 Å². The predicted octanol–water partition coefficient (Wildman–Crippen LogP) is 0.993. The second-order valence-corrected chi connectivity index (χ2v) is 10.3. The minimum Gasteiger partial charge on any atom is -0.393 e. The van der Waals surface area contributed by atoms with Crippen molar-refractivity contribution in [2.75, 3.05) is 6.61 Å². The number of hydrogen-bond acceptors (Lipinski definition) is 6. The highest BCUT2D eigenvalue weighted by atomic mass is 16.6. The van der Waals surface area contributed by atoms with Gasteiger partial charge in [0.25, 0.3) is 0 Å². The zero-order chi connectivity index (χ0) is 19.4. The Balaban J connectivity index is 1.53. The summed E-state index contributed by atoms with van der Waals surface area (Å²) >= 11 is 0. The fourth-order valence-electron chi connectivity index (χ4n) is 8.21. The molecule has 0 bridgehead atoms. The minimum absolute atomic E-state index is 0.0222. The first-order valence-corrected chi connectivity index (χ1v) is 10.4. The van der Waals surface area contributed by atoms with E-state index in [0.29, 0.717) is 19.3 Å². The number of ketones is 2. The fraction of sp³-hybridized carbons (Fsp3) is 0.905. The molecule has 8 unspecified atom stereocenters. The Kier molecular flexibility index (Phi) is 3.51. The van der Waals surface area contributed by atoms with Crippen LogP contribution >= 0.6 is 0 Å². The Morgan fingerprint density at radius 1 is 1.19 bits per heavy atom. The van der Waals surface area contributed by atoms with Crippen LogP contribution in [0.4, 0.5) is 0 Å². The molecule has 3 N–H and O–H groups in total. The summed E-state index contributed by atoms with van der Waals surface area (Å²) in [5.74, 6) is 0.0349.